The van der Waals surface area contributed by atoms with Gasteiger partial charge in [0.1, 0.15) is 12.6 Å². The first-order chi connectivity index (χ1) is 22.5. The Bertz CT molecular complexity index is 1800. The van der Waals surface area contributed by atoms with Crippen molar-refractivity contribution in [2.24, 2.45) is 0 Å². The number of sulfonamides is 1. The zero-order valence-corrected chi connectivity index (χ0v) is 29.7. The summed E-state index contributed by atoms with van der Waals surface area (Å²) in [6.07, 6.45) is 4.13. The fourth-order valence-corrected chi connectivity index (χ4v) is 7.83. The highest BCUT2D eigenvalue weighted by atomic mass is 79.9. The minimum atomic E-state index is -4.22. The van der Waals surface area contributed by atoms with Gasteiger partial charge >= 0.3 is 0 Å². The molecule has 0 aromatic heterocycles. The molecule has 7 nitrogen and oxygen atoms in total. The van der Waals surface area contributed by atoms with Gasteiger partial charge in [0, 0.05) is 28.5 Å². The lowest BCUT2D eigenvalue weighted by Gasteiger charge is -2.34. The van der Waals surface area contributed by atoms with Crippen molar-refractivity contribution in [3.8, 4) is 0 Å². The van der Waals surface area contributed by atoms with Crippen molar-refractivity contribution in [1.29, 1.82) is 0 Å². The van der Waals surface area contributed by atoms with Gasteiger partial charge in [-0.25, -0.2) is 8.42 Å². The molecule has 0 radical (unpaired) electrons. The molecule has 0 aliphatic heterocycles. The number of anilines is 1. The second-order valence-electron chi connectivity index (χ2n) is 12.1. The van der Waals surface area contributed by atoms with Gasteiger partial charge in [0.2, 0.25) is 11.8 Å². The van der Waals surface area contributed by atoms with Crippen molar-refractivity contribution in [3.63, 3.8) is 0 Å². The lowest BCUT2D eigenvalue weighted by Crippen LogP contribution is -2.54. The van der Waals surface area contributed by atoms with E-state index in [2.05, 4.69) is 21.2 Å². The Morgan fingerprint density at radius 3 is 2.19 bits per heavy atom. The zero-order chi connectivity index (χ0) is 33.6. The molecule has 5 rings (SSSR count). The summed E-state index contributed by atoms with van der Waals surface area (Å²) < 4.78 is 30.6. The van der Waals surface area contributed by atoms with Gasteiger partial charge in [-0.15, -0.1) is 0 Å². The fraction of sp³-hybridized carbons (Fsp3) is 0.297. The maximum absolute atomic E-state index is 14.7. The topological polar surface area (TPSA) is 86.8 Å². The van der Waals surface area contributed by atoms with Crippen LogP contribution < -0.4 is 9.62 Å². The van der Waals surface area contributed by atoms with Crippen molar-refractivity contribution in [2.45, 2.75) is 69.5 Å². The van der Waals surface area contributed by atoms with Crippen LogP contribution in [0, 0.1) is 13.8 Å². The Balaban J connectivity index is 1.58. The van der Waals surface area contributed by atoms with Crippen molar-refractivity contribution < 1.29 is 18.0 Å². The highest BCUT2D eigenvalue weighted by Gasteiger charge is 2.36. The van der Waals surface area contributed by atoms with Gasteiger partial charge in [-0.3, -0.25) is 13.9 Å². The molecule has 1 aliphatic rings. The van der Waals surface area contributed by atoms with Crippen molar-refractivity contribution >= 4 is 55.1 Å². The summed E-state index contributed by atoms with van der Waals surface area (Å²) in [5.41, 5.74) is 3.42. The first kappa shape index (κ1) is 34.7. The summed E-state index contributed by atoms with van der Waals surface area (Å²) >= 11 is 9.96. The smallest absolute Gasteiger partial charge is 0.264 e. The standard InChI is InChI=1S/C37H39BrClN3O4S/c1-26-15-21-32(22-16-26)47(45,46)42(34-14-8-13-33(39)27(34)2)25-36(43)41(24-29-17-19-30(38)20-18-29)35(23-28-9-4-3-5-10-28)37(44)40-31-11-6-7-12-31/h3-5,8-10,13-22,31,35H,6-7,11-12,23-25H2,1-2H3,(H,40,44)/t35-/m1/s1. The summed E-state index contributed by atoms with van der Waals surface area (Å²) in [6.45, 7) is 3.18. The molecular weight excluding hydrogens is 698 g/mol. The molecule has 246 valence electrons. The van der Waals surface area contributed by atoms with Gasteiger partial charge in [-0.05, 0) is 79.8 Å². The van der Waals surface area contributed by atoms with E-state index in [1.54, 1.807) is 37.3 Å². The molecule has 1 N–H and O–H groups in total. The molecule has 0 unspecified atom stereocenters. The number of amides is 2. The molecule has 0 spiro atoms. The number of benzene rings is 4. The van der Waals surface area contributed by atoms with Crippen LogP contribution in [0.4, 0.5) is 5.69 Å². The minimum Gasteiger partial charge on any atom is -0.352 e. The molecule has 0 heterocycles. The quantitative estimate of drug-likeness (QED) is 0.162. The van der Waals surface area contributed by atoms with Gasteiger partial charge in [0.25, 0.3) is 10.0 Å². The van der Waals surface area contributed by atoms with Crippen LogP contribution in [-0.4, -0.2) is 43.8 Å². The zero-order valence-electron chi connectivity index (χ0n) is 26.5. The van der Waals surface area contributed by atoms with Gasteiger partial charge in [-0.1, -0.05) is 107 Å². The molecule has 1 atom stereocenters. The van der Waals surface area contributed by atoms with Gasteiger partial charge in [-0.2, -0.15) is 0 Å². The summed E-state index contributed by atoms with van der Waals surface area (Å²) in [6, 6.07) is 27.8. The monoisotopic (exact) mass is 735 g/mol. The third-order valence-corrected chi connectivity index (χ3v) is 11.3. The Hall–Kier alpha value is -3.66. The number of hydrogen-bond acceptors (Lipinski definition) is 4. The van der Waals surface area contributed by atoms with E-state index in [9.17, 15) is 18.0 Å². The van der Waals surface area contributed by atoms with Crippen molar-refractivity contribution in [2.75, 3.05) is 10.8 Å². The first-order valence-corrected chi connectivity index (χ1v) is 18.4. The van der Waals surface area contributed by atoms with Crippen LogP contribution in [0.5, 0.6) is 0 Å². The normalized spacial score (nSPS) is 14.0. The minimum absolute atomic E-state index is 0.0397. The predicted molar refractivity (Wildman–Crippen MR) is 191 cm³/mol. The van der Waals surface area contributed by atoms with E-state index in [0.717, 1.165) is 51.2 Å². The van der Waals surface area contributed by atoms with Crippen LogP contribution in [0.15, 0.2) is 106 Å². The third-order valence-electron chi connectivity index (χ3n) is 8.63. The van der Waals surface area contributed by atoms with Gasteiger partial charge < -0.3 is 10.2 Å². The summed E-state index contributed by atoms with van der Waals surface area (Å²) in [5.74, 6) is -0.761. The Morgan fingerprint density at radius 1 is 0.872 bits per heavy atom. The molecule has 2 amide bonds. The third kappa shape index (κ3) is 8.63. The molecule has 4 aromatic rings. The van der Waals surface area contributed by atoms with E-state index < -0.39 is 28.5 Å². The molecular formula is C37H39BrClN3O4S. The van der Waals surface area contributed by atoms with Gasteiger partial charge in [0.05, 0.1) is 10.6 Å². The number of aryl methyl sites for hydroxylation is 1. The van der Waals surface area contributed by atoms with E-state index in [4.69, 9.17) is 11.6 Å². The summed E-state index contributed by atoms with van der Waals surface area (Å²) in [5, 5.41) is 3.58. The lowest BCUT2D eigenvalue weighted by atomic mass is 10.0. The number of halogens is 2. The van der Waals surface area contributed by atoms with Gasteiger partial charge in [0.15, 0.2) is 0 Å². The molecule has 1 saturated carbocycles. The maximum Gasteiger partial charge on any atom is 0.264 e. The largest absolute Gasteiger partial charge is 0.352 e. The van der Waals surface area contributed by atoms with Crippen molar-refractivity contribution in [3.05, 3.63) is 129 Å². The SMILES string of the molecule is Cc1ccc(S(=O)(=O)N(CC(=O)N(Cc2ccc(Br)cc2)[C@H](Cc2ccccc2)C(=O)NC2CCCC2)c2cccc(Cl)c2C)cc1. The number of carbonyl (C=O) groups is 2. The van der Waals surface area contributed by atoms with E-state index in [-0.39, 0.29) is 29.8 Å². The molecule has 4 aromatic carbocycles. The summed E-state index contributed by atoms with van der Waals surface area (Å²) in [4.78, 5) is 30.4. The molecule has 1 aliphatic carbocycles. The van der Waals surface area contributed by atoms with Crippen LogP contribution in [-0.2, 0) is 32.6 Å². The maximum atomic E-state index is 14.7. The second-order valence-corrected chi connectivity index (χ2v) is 15.2. The van der Waals surface area contributed by atoms with Crippen LogP contribution in [0.25, 0.3) is 0 Å². The Kier molecular flexibility index (Phi) is 11.4. The molecule has 0 bridgehead atoms. The average Bonchev–Trinajstić information content (AvgIpc) is 3.57. The van der Waals surface area contributed by atoms with Crippen molar-refractivity contribution in [1.82, 2.24) is 10.2 Å². The number of carbonyl (C=O) groups excluding carboxylic acids is 2. The van der Waals surface area contributed by atoms with Crippen LogP contribution in [0.3, 0.4) is 0 Å². The number of hydrogen-bond donors (Lipinski definition) is 1. The summed E-state index contributed by atoms with van der Waals surface area (Å²) in [7, 11) is -4.22. The highest BCUT2D eigenvalue weighted by molar-refractivity contribution is 9.10. The average molecular weight is 737 g/mol. The van der Waals surface area contributed by atoms with E-state index in [1.165, 1.54) is 17.0 Å². The van der Waals surface area contributed by atoms with Crippen LogP contribution >= 0.6 is 27.5 Å². The molecule has 10 heteroatoms. The van der Waals surface area contributed by atoms with E-state index in [0.29, 0.717) is 16.3 Å². The lowest BCUT2D eigenvalue weighted by molar-refractivity contribution is -0.140. The predicted octanol–water partition coefficient (Wildman–Crippen LogP) is 7.61. The molecule has 47 heavy (non-hydrogen) atoms. The van der Waals surface area contributed by atoms with Crippen LogP contribution in [0.1, 0.15) is 47.9 Å². The first-order valence-electron chi connectivity index (χ1n) is 15.8. The van der Waals surface area contributed by atoms with Crippen LogP contribution in [0.2, 0.25) is 5.02 Å². The Labute approximate surface area is 291 Å². The molecule has 1 fully saturated rings. The molecule has 0 saturated heterocycles. The van der Waals surface area contributed by atoms with E-state index in [1.807, 2.05) is 61.5 Å². The number of nitrogens with zero attached hydrogens (tertiary/aromatic N) is 2. The van der Waals surface area contributed by atoms with E-state index >= 15 is 0 Å². The number of nitrogens with one attached hydrogen (secondary N) is 1. The Morgan fingerprint density at radius 2 is 1.53 bits per heavy atom. The second kappa shape index (κ2) is 15.5. The highest BCUT2D eigenvalue weighted by Crippen LogP contribution is 2.32. The fourth-order valence-electron chi connectivity index (χ4n) is 5.93. The number of rotatable bonds is 12.